The number of anilines is 4. The third-order valence-corrected chi connectivity index (χ3v) is 3.67. The van der Waals surface area contributed by atoms with Gasteiger partial charge in [-0.05, 0) is 42.5 Å². The molecule has 0 aliphatic carbocycles. The predicted molar refractivity (Wildman–Crippen MR) is 95.2 cm³/mol. The van der Waals surface area contributed by atoms with Gasteiger partial charge in [0, 0.05) is 11.4 Å². The van der Waals surface area contributed by atoms with E-state index in [1.54, 1.807) is 29.1 Å². The van der Waals surface area contributed by atoms with E-state index in [1.807, 2.05) is 18.2 Å². The number of benzene rings is 2. The van der Waals surface area contributed by atoms with Crippen LogP contribution in [-0.2, 0) is 0 Å². The Hall–Kier alpha value is -3.68. The van der Waals surface area contributed by atoms with Gasteiger partial charge in [-0.3, -0.25) is 4.57 Å². The zero-order valence-electron chi connectivity index (χ0n) is 13.0. The molecule has 7 nitrogen and oxygen atoms in total. The second-order valence-electron chi connectivity index (χ2n) is 5.45. The maximum Gasteiger partial charge on any atom is 0.231 e. The Morgan fingerprint density at radius 2 is 1.80 bits per heavy atom. The molecule has 4 rings (SSSR count). The second-order valence-corrected chi connectivity index (χ2v) is 5.45. The van der Waals surface area contributed by atoms with Gasteiger partial charge in [0.05, 0.1) is 5.69 Å². The van der Waals surface area contributed by atoms with Crippen LogP contribution in [0.25, 0.3) is 16.9 Å². The molecule has 0 saturated heterocycles. The SMILES string of the molecule is Nc1cccc(-n2cnc3c(N)nc(Nc4ccc(F)cc4)nc32)c1. The summed E-state index contributed by atoms with van der Waals surface area (Å²) in [7, 11) is 0. The highest BCUT2D eigenvalue weighted by Gasteiger charge is 2.13. The molecule has 0 atom stereocenters. The van der Waals surface area contributed by atoms with Crippen molar-refractivity contribution in [3.63, 3.8) is 0 Å². The molecular weight excluding hydrogens is 321 g/mol. The number of hydrogen-bond acceptors (Lipinski definition) is 6. The number of rotatable bonds is 3. The van der Waals surface area contributed by atoms with Gasteiger partial charge >= 0.3 is 0 Å². The summed E-state index contributed by atoms with van der Waals surface area (Å²) in [5.74, 6) is 0.223. The van der Waals surface area contributed by atoms with Crippen LogP contribution in [0, 0.1) is 5.82 Å². The van der Waals surface area contributed by atoms with E-state index in [2.05, 4.69) is 20.3 Å². The number of nitrogen functional groups attached to an aromatic ring is 2. The minimum absolute atomic E-state index is 0.247. The normalized spacial score (nSPS) is 10.9. The lowest BCUT2D eigenvalue weighted by atomic mass is 10.3. The molecule has 0 radical (unpaired) electrons. The highest BCUT2D eigenvalue weighted by Crippen LogP contribution is 2.24. The molecule has 0 spiro atoms. The molecule has 0 amide bonds. The van der Waals surface area contributed by atoms with E-state index in [1.165, 1.54) is 12.1 Å². The third kappa shape index (κ3) is 2.80. The summed E-state index contributed by atoms with van der Waals surface area (Å²) in [5, 5.41) is 3.01. The summed E-state index contributed by atoms with van der Waals surface area (Å²) < 4.78 is 14.8. The average Bonchev–Trinajstić information content (AvgIpc) is 3.01. The average molecular weight is 335 g/mol. The molecule has 0 aliphatic heterocycles. The zero-order chi connectivity index (χ0) is 17.4. The molecule has 25 heavy (non-hydrogen) atoms. The van der Waals surface area contributed by atoms with E-state index in [-0.39, 0.29) is 11.6 Å². The lowest BCUT2D eigenvalue weighted by Gasteiger charge is -2.08. The number of fused-ring (bicyclic) bond motifs is 1. The Morgan fingerprint density at radius 1 is 1.00 bits per heavy atom. The van der Waals surface area contributed by atoms with Crippen LogP contribution in [0.4, 0.5) is 27.5 Å². The van der Waals surface area contributed by atoms with E-state index in [0.29, 0.717) is 28.5 Å². The predicted octanol–water partition coefficient (Wildman–Crippen LogP) is 2.86. The fourth-order valence-electron chi connectivity index (χ4n) is 2.50. The smallest absolute Gasteiger partial charge is 0.231 e. The summed E-state index contributed by atoms with van der Waals surface area (Å²) in [5.41, 5.74) is 15.0. The first kappa shape index (κ1) is 14.9. The molecule has 0 saturated carbocycles. The molecular formula is C17H14FN7. The number of hydrogen-bond donors (Lipinski definition) is 3. The molecule has 0 unspecified atom stereocenters. The van der Waals surface area contributed by atoms with Crippen molar-refractivity contribution in [1.82, 2.24) is 19.5 Å². The molecule has 2 aromatic heterocycles. The van der Waals surface area contributed by atoms with Crippen LogP contribution < -0.4 is 16.8 Å². The van der Waals surface area contributed by atoms with Gasteiger partial charge in [-0.15, -0.1) is 0 Å². The van der Waals surface area contributed by atoms with Gasteiger partial charge < -0.3 is 16.8 Å². The first-order valence-corrected chi connectivity index (χ1v) is 7.49. The quantitative estimate of drug-likeness (QED) is 0.497. The molecule has 2 heterocycles. The van der Waals surface area contributed by atoms with Crippen molar-refractivity contribution in [1.29, 1.82) is 0 Å². The first-order valence-electron chi connectivity index (χ1n) is 7.49. The molecule has 0 bridgehead atoms. The summed E-state index contributed by atoms with van der Waals surface area (Å²) in [6, 6.07) is 13.2. The largest absolute Gasteiger partial charge is 0.399 e. The number of nitrogens with zero attached hydrogens (tertiary/aromatic N) is 4. The van der Waals surface area contributed by atoms with Gasteiger partial charge in [0.2, 0.25) is 5.95 Å². The summed E-state index contributed by atoms with van der Waals surface area (Å²) >= 11 is 0. The van der Waals surface area contributed by atoms with Crippen LogP contribution in [0.5, 0.6) is 0 Å². The maximum atomic E-state index is 13.0. The summed E-state index contributed by atoms with van der Waals surface area (Å²) in [6.07, 6.45) is 1.62. The summed E-state index contributed by atoms with van der Waals surface area (Å²) in [4.78, 5) is 13.0. The fourth-order valence-corrected chi connectivity index (χ4v) is 2.50. The van der Waals surface area contributed by atoms with Crippen LogP contribution in [0.15, 0.2) is 54.9 Å². The lowest BCUT2D eigenvalue weighted by Crippen LogP contribution is -2.03. The molecule has 0 fully saturated rings. The third-order valence-electron chi connectivity index (χ3n) is 3.67. The van der Waals surface area contributed by atoms with Crippen molar-refractivity contribution in [2.75, 3.05) is 16.8 Å². The Balaban J connectivity index is 1.80. The monoisotopic (exact) mass is 335 g/mol. The van der Waals surface area contributed by atoms with Gasteiger partial charge in [-0.25, -0.2) is 9.37 Å². The Kier molecular flexibility index (Phi) is 3.42. The molecule has 4 aromatic rings. The van der Waals surface area contributed by atoms with E-state index >= 15 is 0 Å². The Morgan fingerprint density at radius 3 is 2.56 bits per heavy atom. The summed E-state index contributed by atoms with van der Waals surface area (Å²) in [6.45, 7) is 0. The number of imidazole rings is 1. The van der Waals surface area contributed by atoms with Crippen molar-refractivity contribution in [2.24, 2.45) is 0 Å². The van der Waals surface area contributed by atoms with E-state index in [0.717, 1.165) is 5.69 Å². The Labute approximate surface area is 142 Å². The number of halogens is 1. The second kappa shape index (κ2) is 5.75. The molecule has 8 heteroatoms. The number of aromatic nitrogens is 4. The van der Waals surface area contributed by atoms with Crippen molar-refractivity contribution in [3.05, 3.63) is 60.7 Å². The van der Waals surface area contributed by atoms with Gasteiger partial charge in [0.25, 0.3) is 0 Å². The zero-order valence-corrected chi connectivity index (χ0v) is 13.0. The first-order chi connectivity index (χ1) is 12.1. The van der Waals surface area contributed by atoms with Crippen LogP contribution >= 0.6 is 0 Å². The Bertz CT molecular complexity index is 1060. The number of nitrogens with one attached hydrogen (secondary N) is 1. The van der Waals surface area contributed by atoms with Gasteiger partial charge in [-0.2, -0.15) is 9.97 Å². The molecule has 124 valence electrons. The van der Waals surface area contributed by atoms with Crippen molar-refractivity contribution in [3.8, 4) is 5.69 Å². The maximum absolute atomic E-state index is 13.0. The van der Waals surface area contributed by atoms with Gasteiger partial charge in [0.15, 0.2) is 17.0 Å². The van der Waals surface area contributed by atoms with Crippen LogP contribution in [-0.4, -0.2) is 19.5 Å². The highest BCUT2D eigenvalue weighted by atomic mass is 19.1. The minimum Gasteiger partial charge on any atom is -0.399 e. The molecule has 5 N–H and O–H groups in total. The van der Waals surface area contributed by atoms with E-state index in [9.17, 15) is 4.39 Å². The van der Waals surface area contributed by atoms with Crippen molar-refractivity contribution < 1.29 is 4.39 Å². The standard InChI is InChI=1S/C17H14FN7/c18-10-4-6-12(7-5-10)22-17-23-15(20)14-16(24-17)25(9-21-14)13-3-1-2-11(19)8-13/h1-9H,19H2,(H3,20,22,23,24). The fraction of sp³-hybridized carbons (Fsp3) is 0. The molecule has 2 aromatic carbocycles. The minimum atomic E-state index is -0.318. The molecule has 0 aliphatic rings. The van der Waals surface area contributed by atoms with Crippen LogP contribution in [0.3, 0.4) is 0 Å². The number of nitrogens with two attached hydrogens (primary N) is 2. The van der Waals surface area contributed by atoms with Gasteiger partial charge in [0.1, 0.15) is 12.1 Å². The van der Waals surface area contributed by atoms with Crippen LogP contribution in [0.1, 0.15) is 0 Å². The highest BCUT2D eigenvalue weighted by molar-refractivity contribution is 5.84. The van der Waals surface area contributed by atoms with Crippen molar-refractivity contribution >= 4 is 34.3 Å². The van der Waals surface area contributed by atoms with Crippen molar-refractivity contribution in [2.45, 2.75) is 0 Å². The van der Waals surface area contributed by atoms with E-state index in [4.69, 9.17) is 11.5 Å². The lowest BCUT2D eigenvalue weighted by molar-refractivity contribution is 0.628. The topological polar surface area (TPSA) is 108 Å². The van der Waals surface area contributed by atoms with E-state index < -0.39 is 0 Å². The van der Waals surface area contributed by atoms with Crippen LogP contribution in [0.2, 0.25) is 0 Å². The van der Waals surface area contributed by atoms with Gasteiger partial charge in [-0.1, -0.05) is 6.07 Å².